The maximum Gasteiger partial charge on any atom is 0.328 e. The normalized spacial score (nSPS) is 17.0. The number of carbonyl (C=O) groups is 3. The molecule has 4 amide bonds. The fourth-order valence-corrected chi connectivity index (χ4v) is 5.82. The number of urea groups is 1. The molecule has 0 spiro atoms. The number of methoxy groups -OCH3 is 1. The van der Waals surface area contributed by atoms with E-state index in [1.54, 1.807) is 36.4 Å². The van der Waals surface area contributed by atoms with Crippen LogP contribution in [0.25, 0.3) is 0 Å². The minimum absolute atomic E-state index is 0.0510. The molecule has 5 rings (SSSR count). The van der Waals surface area contributed by atoms with Gasteiger partial charge in [-0.05, 0) is 29.8 Å². The van der Waals surface area contributed by atoms with Gasteiger partial charge < -0.3 is 15.0 Å². The monoisotopic (exact) mass is 547 g/mol. The van der Waals surface area contributed by atoms with Crippen LogP contribution < -0.4 is 10.1 Å². The van der Waals surface area contributed by atoms with Gasteiger partial charge in [-0.1, -0.05) is 54.6 Å². The van der Waals surface area contributed by atoms with Crippen LogP contribution in [-0.2, 0) is 26.2 Å². The molecular formula is C27H25N5O6S. The highest BCUT2D eigenvalue weighted by Gasteiger charge is 2.49. The number of carbonyl (C=O) groups excluding carboxylic acids is 3. The van der Waals surface area contributed by atoms with Gasteiger partial charge in [0, 0.05) is 13.6 Å². The molecule has 0 aliphatic carbocycles. The van der Waals surface area contributed by atoms with E-state index in [0.29, 0.717) is 5.75 Å². The van der Waals surface area contributed by atoms with Crippen molar-refractivity contribution in [2.45, 2.75) is 17.5 Å². The number of hydrogen-bond donors (Lipinski definition) is 1. The predicted octanol–water partition coefficient (Wildman–Crippen LogP) is 2.83. The number of fused-ring (bicyclic) bond motifs is 1. The topological polar surface area (TPSA) is 129 Å². The molecule has 2 heterocycles. The minimum Gasteiger partial charge on any atom is -0.495 e. The van der Waals surface area contributed by atoms with Crippen molar-refractivity contribution < 1.29 is 27.5 Å². The van der Waals surface area contributed by atoms with Gasteiger partial charge in [-0.2, -0.15) is 0 Å². The lowest BCUT2D eigenvalue weighted by Gasteiger charge is -2.33. The number of ether oxygens (including phenoxy) is 1. The zero-order valence-electron chi connectivity index (χ0n) is 21.1. The quantitative estimate of drug-likeness (QED) is 0.453. The summed E-state index contributed by atoms with van der Waals surface area (Å²) < 4.78 is 32.9. The molecule has 1 atom stereocenters. The van der Waals surface area contributed by atoms with Gasteiger partial charge in [0.1, 0.15) is 17.2 Å². The van der Waals surface area contributed by atoms with E-state index in [4.69, 9.17) is 4.74 Å². The van der Waals surface area contributed by atoms with Crippen LogP contribution in [0, 0.1) is 0 Å². The Morgan fingerprint density at radius 1 is 1.00 bits per heavy atom. The predicted molar refractivity (Wildman–Crippen MR) is 143 cm³/mol. The maximum atomic E-state index is 13.9. The first kappa shape index (κ1) is 25.9. The number of nitrogens with zero attached hydrogens (tertiary/aromatic N) is 4. The van der Waals surface area contributed by atoms with Gasteiger partial charge in [0.15, 0.2) is 11.9 Å². The zero-order chi connectivity index (χ0) is 27.7. The molecule has 12 heteroatoms. The van der Waals surface area contributed by atoms with Crippen molar-refractivity contribution in [2.75, 3.05) is 26.0 Å². The molecule has 0 aromatic heterocycles. The first-order valence-electron chi connectivity index (χ1n) is 12.0. The molecule has 200 valence electrons. The lowest BCUT2D eigenvalue weighted by Crippen LogP contribution is -2.57. The van der Waals surface area contributed by atoms with Crippen LogP contribution in [0.4, 0.5) is 16.2 Å². The maximum absolute atomic E-state index is 13.9. The van der Waals surface area contributed by atoms with Crippen LogP contribution in [0.2, 0.25) is 0 Å². The molecule has 1 saturated heterocycles. The number of anilines is 1. The van der Waals surface area contributed by atoms with Gasteiger partial charge in [0.2, 0.25) is 0 Å². The molecule has 2 aliphatic rings. The number of aliphatic imine (C=N–C) groups is 1. The number of likely N-dealkylation sites (N-methyl/N-ethyl adjacent to an activating group) is 1. The Labute approximate surface area is 225 Å². The minimum atomic E-state index is -4.13. The van der Waals surface area contributed by atoms with Gasteiger partial charge in [0.05, 0.1) is 18.5 Å². The van der Waals surface area contributed by atoms with Crippen LogP contribution in [0.5, 0.6) is 5.75 Å². The fraction of sp³-hybridized carbons (Fsp3) is 0.185. The van der Waals surface area contributed by atoms with Gasteiger partial charge >= 0.3 is 6.03 Å². The molecule has 39 heavy (non-hydrogen) atoms. The lowest BCUT2D eigenvalue weighted by molar-refractivity contribution is -0.130. The van der Waals surface area contributed by atoms with Gasteiger partial charge in [-0.25, -0.2) is 23.1 Å². The lowest BCUT2D eigenvalue weighted by atomic mass is 10.1. The Bertz CT molecular complexity index is 1590. The van der Waals surface area contributed by atoms with Crippen molar-refractivity contribution in [3.63, 3.8) is 0 Å². The molecule has 3 aromatic carbocycles. The summed E-state index contributed by atoms with van der Waals surface area (Å²) >= 11 is 0. The number of rotatable bonds is 7. The van der Waals surface area contributed by atoms with Crippen LogP contribution in [-0.4, -0.2) is 72.9 Å². The number of para-hydroxylation sites is 3. The summed E-state index contributed by atoms with van der Waals surface area (Å²) in [7, 11) is -1.46. The molecule has 0 saturated carbocycles. The highest BCUT2D eigenvalue weighted by molar-refractivity contribution is 7.90. The third kappa shape index (κ3) is 4.70. The smallest absolute Gasteiger partial charge is 0.328 e. The summed E-state index contributed by atoms with van der Waals surface area (Å²) in [6.45, 7) is -0.154. The second-order valence-corrected chi connectivity index (χ2v) is 10.8. The number of imide groups is 1. The van der Waals surface area contributed by atoms with Crippen LogP contribution in [0.15, 0.2) is 88.8 Å². The van der Waals surface area contributed by atoms with Gasteiger partial charge in [-0.3, -0.25) is 13.9 Å². The van der Waals surface area contributed by atoms with Crippen molar-refractivity contribution in [1.82, 2.24) is 14.1 Å². The molecular weight excluding hydrogens is 522 g/mol. The summed E-state index contributed by atoms with van der Waals surface area (Å²) in [6.07, 6.45) is 0. The van der Waals surface area contributed by atoms with E-state index in [1.807, 2.05) is 30.3 Å². The van der Waals surface area contributed by atoms with Crippen molar-refractivity contribution in [3.05, 3.63) is 84.4 Å². The van der Waals surface area contributed by atoms with Crippen molar-refractivity contribution in [1.29, 1.82) is 0 Å². The third-order valence-electron chi connectivity index (χ3n) is 6.46. The molecule has 11 nitrogen and oxygen atoms in total. The standard InChI is InChI=1S/C27H25N5O6S/c1-30-25(28-20-13-7-9-15-22(20)39(30,36)37)24(26(34)29-19-12-6-8-14-21(19)38-2)32-23(33)17-31(27(32)35)16-18-10-4-3-5-11-18/h3-15,24H,16-17H2,1-2H3,(H,29,34). The number of sulfonamides is 1. The Balaban J connectivity index is 1.59. The Morgan fingerprint density at radius 3 is 2.41 bits per heavy atom. The molecule has 0 radical (unpaired) electrons. The Kier molecular flexibility index (Phi) is 6.79. The van der Waals surface area contributed by atoms with Crippen molar-refractivity contribution in [2.24, 2.45) is 4.99 Å². The third-order valence-corrected chi connectivity index (χ3v) is 8.27. The van der Waals surface area contributed by atoms with E-state index in [9.17, 15) is 22.8 Å². The van der Waals surface area contributed by atoms with E-state index in [1.165, 1.54) is 31.2 Å². The van der Waals surface area contributed by atoms with E-state index in [-0.39, 0.29) is 35.2 Å². The van der Waals surface area contributed by atoms with E-state index in [2.05, 4.69) is 10.3 Å². The van der Waals surface area contributed by atoms with Crippen LogP contribution in [0.3, 0.4) is 0 Å². The number of hydrogen-bond acceptors (Lipinski definition) is 7. The molecule has 2 aliphatic heterocycles. The fourth-order valence-electron chi connectivity index (χ4n) is 4.51. The summed E-state index contributed by atoms with van der Waals surface area (Å²) in [6, 6.07) is 19.3. The molecule has 1 unspecified atom stereocenters. The zero-order valence-corrected chi connectivity index (χ0v) is 22.0. The molecule has 1 N–H and O–H groups in total. The average molecular weight is 548 g/mol. The van der Waals surface area contributed by atoms with E-state index in [0.717, 1.165) is 14.8 Å². The average Bonchev–Trinajstić information content (AvgIpc) is 3.20. The first-order valence-corrected chi connectivity index (χ1v) is 13.4. The number of benzene rings is 3. The van der Waals surface area contributed by atoms with Gasteiger partial charge in [-0.15, -0.1) is 0 Å². The highest BCUT2D eigenvalue weighted by Crippen LogP contribution is 2.34. The first-order chi connectivity index (χ1) is 18.7. The summed E-state index contributed by atoms with van der Waals surface area (Å²) in [4.78, 5) is 47.2. The second kappa shape index (κ2) is 10.2. The highest BCUT2D eigenvalue weighted by atomic mass is 32.2. The van der Waals surface area contributed by atoms with E-state index >= 15 is 0 Å². The summed E-state index contributed by atoms with van der Waals surface area (Å²) in [5, 5.41) is 2.68. The van der Waals surface area contributed by atoms with Crippen LogP contribution >= 0.6 is 0 Å². The summed E-state index contributed by atoms with van der Waals surface area (Å²) in [5.41, 5.74) is 1.16. The van der Waals surface area contributed by atoms with Crippen molar-refractivity contribution in [3.8, 4) is 5.75 Å². The number of amidine groups is 1. The molecule has 0 bridgehead atoms. The van der Waals surface area contributed by atoms with Crippen molar-refractivity contribution >= 4 is 45.1 Å². The Morgan fingerprint density at radius 2 is 1.67 bits per heavy atom. The second-order valence-electron chi connectivity index (χ2n) is 8.89. The van der Waals surface area contributed by atoms with Gasteiger partial charge in [0.25, 0.3) is 21.8 Å². The number of amides is 4. The van der Waals surface area contributed by atoms with E-state index < -0.39 is 33.9 Å². The molecule has 3 aromatic rings. The SMILES string of the molecule is COc1ccccc1NC(=O)C(C1=Nc2ccccc2S(=O)(=O)N1C)N1C(=O)CN(Cc2ccccc2)C1=O. The molecule has 1 fully saturated rings. The summed E-state index contributed by atoms with van der Waals surface area (Å²) in [5.74, 6) is -1.44. The van der Waals surface area contributed by atoms with Crippen LogP contribution in [0.1, 0.15) is 5.56 Å². The number of nitrogens with one attached hydrogen (secondary N) is 1. The Hall–Kier alpha value is -4.71. The largest absolute Gasteiger partial charge is 0.495 e.